The van der Waals surface area contributed by atoms with Crippen LogP contribution < -0.4 is 19.5 Å². The third-order valence-electron chi connectivity index (χ3n) is 4.65. The van der Waals surface area contributed by atoms with Gasteiger partial charge in [0.1, 0.15) is 0 Å². The highest BCUT2D eigenvalue weighted by molar-refractivity contribution is 6.29. The average molecular weight is 460 g/mol. The molecule has 1 amide bonds. The van der Waals surface area contributed by atoms with Crippen LogP contribution in [0, 0.1) is 0 Å². The topological polar surface area (TPSA) is 92.3 Å². The Kier molecular flexibility index (Phi) is 10.3. The molecular weight excluding hydrogens is 426 g/mol. The number of benzene rings is 1. The SMILES string of the molecule is C=C(C)/C(C(=O)/C(=C\C)C(=O)Nc1cc(OC)c(OC)c(OC)c1)=C(/OC)C(OC)=C(C)C. The van der Waals surface area contributed by atoms with Crippen molar-refractivity contribution in [1.29, 1.82) is 0 Å². The molecule has 0 atom stereocenters. The third kappa shape index (κ3) is 6.19. The van der Waals surface area contributed by atoms with Gasteiger partial charge in [-0.1, -0.05) is 12.7 Å². The van der Waals surface area contributed by atoms with Gasteiger partial charge in [0.25, 0.3) is 5.91 Å². The fraction of sp³-hybridized carbons (Fsp3) is 0.360. The predicted octanol–water partition coefficient (Wildman–Crippen LogP) is 4.58. The molecule has 180 valence electrons. The van der Waals surface area contributed by atoms with E-state index in [1.54, 1.807) is 26.0 Å². The summed E-state index contributed by atoms with van der Waals surface area (Å²) >= 11 is 0. The number of ether oxygens (including phenoxy) is 5. The van der Waals surface area contributed by atoms with Crippen molar-refractivity contribution >= 4 is 17.4 Å². The van der Waals surface area contributed by atoms with Crippen molar-refractivity contribution in [2.45, 2.75) is 27.7 Å². The summed E-state index contributed by atoms with van der Waals surface area (Å²) in [5.41, 5.74) is 1.62. The Bertz CT molecular complexity index is 987. The lowest BCUT2D eigenvalue weighted by molar-refractivity contribution is -0.118. The van der Waals surface area contributed by atoms with Crippen molar-refractivity contribution in [3.63, 3.8) is 0 Å². The fourth-order valence-electron chi connectivity index (χ4n) is 3.17. The highest BCUT2D eigenvalue weighted by Crippen LogP contribution is 2.40. The number of carbonyl (C=O) groups excluding carboxylic acids is 2. The summed E-state index contributed by atoms with van der Waals surface area (Å²) in [5, 5.41) is 2.71. The smallest absolute Gasteiger partial charge is 0.259 e. The molecule has 0 aliphatic carbocycles. The van der Waals surface area contributed by atoms with Gasteiger partial charge in [0.05, 0.1) is 46.7 Å². The number of hydrogen-bond donors (Lipinski definition) is 1. The van der Waals surface area contributed by atoms with Crippen molar-refractivity contribution < 1.29 is 33.3 Å². The molecule has 0 aliphatic rings. The number of allylic oxidation sites excluding steroid dienone is 4. The number of carbonyl (C=O) groups is 2. The lowest BCUT2D eigenvalue weighted by Crippen LogP contribution is -2.23. The van der Waals surface area contributed by atoms with Crippen molar-refractivity contribution in [3.8, 4) is 17.2 Å². The molecule has 0 fully saturated rings. The van der Waals surface area contributed by atoms with Gasteiger partial charge in [0.2, 0.25) is 11.5 Å². The van der Waals surface area contributed by atoms with Gasteiger partial charge in [-0.15, -0.1) is 0 Å². The number of anilines is 1. The summed E-state index contributed by atoms with van der Waals surface area (Å²) in [6.45, 7) is 10.8. The molecule has 1 N–H and O–H groups in total. The van der Waals surface area contributed by atoms with Gasteiger partial charge < -0.3 is 29.0 Å². The molecule has 0 aromatic heterocycles. The number of Topliss-reactive ketones (excluding diaryl/α,β-unsaturated/α-hetero) is 1. The van der Waals surface area contributed by atoms with Gasteiger partial charge in [-0.2, -0.15) is 0 Å². The van der Waals surface area contributed by atoms with Crippen molar-refractivity contribution in [2.24, 2.45) is 0 Å². The van der Waals surface area contributed by atoms with Crippen LogP contribution in [-0.2, 0) is 19.1 Å². The van der Waals surface area contributed by atoms with Crippen LogP contribution in [0.15, 0.2) is 58.6 Å². The molecule has 0 aliphatic heterocycles. The molecule has 1 aromatic carbocycles. The second-order valence-electron chi connectivity index (χ2n) is 7.12. The van der Waals surface area contributed by atoms with Crippen molar-refractivity contribution in [3.05, 3.63) is 58.6 Å². The molecule has 0 heterocycles. The largest absolute Gasteiger partial charge is 0.493 e. The molecule has 33 heavy (non-hydrogen) atoms. The van der Waals surface area contributed by atoms with Crippen LogP contribution in [0.25, 0.3) is 0 Å². The maximum atomic E-state index is 13.5. The Balaban J connectivity index is 3.50. The summed E-state index contributed by atoms with van der Waals surface area (Å²) in [4.78, 5) is 26.6. The minimum Gasteiger partial charge on any atom is -0.493 e. The molecule has 8 heteroatoms. The van der Waals surface area contributed by atoms with E-state index in [0.717, 1.165) is 5.57 Å². The molecule has 0 saturated carbocycles. The standard InChI is InChI=1S/C25H33NO7/c1-11-17(21(27)20(14(2)3)24(33-10)22(31-8)15(4)5)25(28)26-16-12-18(29-6)23(32-9)19(13-16)30-7/h11-13H,2H2,1,3-10H3,(H,26,28)/b17-11+,24-20-. The fourth-order valence-corrected chi connectivity index (χ4v) is 3.17. The van der Waals surface area contributed by atoms with Crippen LogP contribution in [0.5, 0.6) is 17.2 Å². The Labute approximate surface area is 195 Å². The quantitative estimate of drug-likeness (QED) is 0.170. The van der Waals surface area contributed by atoms with E-state index >= 15 is 0 Å². The first-order valence-corrected chi connectivity index (χ1v) is 10.1. The van der Waals surface area contributed by atoms with E-state index in [4.69, 9.17) is 23.7 Å². The number of ketones is 1. The van der Waals surface area contributed by atoms with Crippen LogP contribution >= 0.6 is 0 Å². The van der Waals surface area contributed by atoms with Crippen LogP contribution in [0.1, 0.15) is 27.7 Å². The molecule has 0 saturated heterocycles. The summed E-state index contributed by atoms with van der Waals surface area (Å²) in [6, 6.07) is 3.14. The van der Waals surface area contributed by atoms with E-state index in [9.17, 15) is 9.59 Å². The van der Waals surface area contributed by atoms with Crippen LogP contribution in [-0.4, -0.2) is 47.2 Å². The molecule has 8 nitrogen and oxygen atoms in total. The van der Waals surface area contributed by atoms with E-state index in [1.165, 1.54) is 41.6 Å². The lowest BCUT2D eigenvalue weighted by atomic mass is 9.95. The highest BCUT2D eigenvalue weighted by atomic mass is 16.5. The molecular formula is C25H33NO7. The monoisotopic (exact) mass is 459 g/mol. The normalized spacial score (nSPS) is 11.6. The number of rotatable bonds is 11. The molecule has 0 radical (unpaired) electrons. The van der Waals surface area contributed by atoms with Gasteiger partial charge in [-0.05, 0) is 38.8 Å². The first kappa shape index (κ1) is 27.4. The minimum absolute atomic E-state index is 0.0967. The molecule has 0 spiro atoms. The Morgan fingerprint density at radius 2 is 1.39 bits per heavy atom. The average Bonchev–Trinajstić information content (AvgIpc) is 2.77. The second-order valence-corrected chi connectivity index (χ2v) is 7.12. The van der Waals surface area contributed by atoms with Crippen LogP contribution in [0.2, 0.25) is 0 Å². The third-order valence-corrected chi connectivity index (χ3v) is 4.65. The van der Waals surface area contributed by atoms with E-state index < -0.39 is 11.7 Å². The van der Waals surface area contributed by atoms with E-state index in [1.807, 2.05) is 13.8 Å². The van der Waals surface area contributed by atoms with E-state index in [0.29, 0.717) is 34.3 Å². The zero-order valence-electron chi connectivity index (χ0n) is 20.8. The maximum absolute atomic E-state index is 13.5. The number of amides is 1. The van der Waals surface area contributed by atoms with E-state index in [-0.39, 0.29) is 16.9 Å². The first-order valence-electron chi connectivity index (χ1n) is 10.1. The minimum atomic E-state index is -0.623. The van der Waals surface area contributed by atoms with Crippen LogP contribution in [0.3, 0.4) is 0 Å². The Morgan fingerprint density at radius 1 is 0.879 bits per heavy atom. The predicted molar refractivity (Wildman–Crippen MR) is 128 cm³/mol. The summed E-state index contributed by atoms with van der Waals surface area (Å²) in [7, 11) is 7.33. The van der Waals surface area contributed by atoms with Crippen molar-refractivity contribution in [1.82, 2.24) is 0 Å². The van der Waals surface area contributed by atoms with E-state index in [2.05, 4.69) is 11.9 Å². The Hall–Kier alpha value is -3.68. The maximum Gasteiger partial charge on any atom is 0.259 e. The van der Waals surface area contributed by atoms with Gasteiger partial charge in [0, 0.05) is 17.8 Å². The zero-order valence-corrected chi connectivity index (χ0v) is 20.8. The number of methoxy groups -OCH3 is 5. The molecule has 0 unspecified atom stereocenters. The van der Waals surface area contributed by atoms with Crippen molar-refractivity contribution in [2.75, 3.05) is 40.9 Å². The zero-order chi connectivity index (χ0) is 25.3. The summed E-state index contributed by atoms with van der Waals surface area (Å²) in [5.74, 6) is 0.520. The molecule has 1 aromatic rings. The van der Waals surface area contributed by atoms with Gasteiger partial charge in [-0.3, -0.25) is 9.59 Å². The number of hydrogen-bond acceptors (Lipinski definition) is 7. The summed E-state index contributed by atoms with van der Waals surface area (Å²) in [6.07, 6.45) is 1.43. The summed E-state index contributed by atoms with van der Waals surface area (Å²) < 4.78 is 26.9. The van der Waals surface area contributed by atoms with Gasteiger partial charge in [0.15, 0.2) is 23.0 Å². The lowest BCUT2D eigenvalue weighted by Gasteiger charge is -2.18. The highest BCUT2D eigenvalue weighted by Gasteiger charge is 2.28. The Morgan fingerprint density at radius 3 is 1.73 bits per heavy atom. The first-order chi connectivity index (χ1) is 15.6. The molecule has 0 bridgehead atoms. The van der Waals surface area contributed by atoms with Gasteiger partial charge in [-0.25, -0.2) is 0 Å². The van der Waals surface area contributed by atoms with Gasteiger partial charge >= 0.3 is 0 Å². The number of nitrogens with one attached hydrogen (secondary N) is 1. The molecule has 1 rings (SSSR count). The van der Waals surface area contributed by atoms with Crippen LogP contribution in [0.4, 0.5) is 5.69 Å². The second kappa shape index (κ2) is 12.4.